The number of hydrogen-bond donors (Lipinski definition) is 3. The lowest BCUT2D eigenvalue weighted by molar-refractivity contribution is 0.0904. The van der Waals surface area contributed by atoms with Gasteiger partial charge in [-0.15, -0.1) is 0 Å². The standard InChI is InChI=1S/C21H27ClN4O2/c22-18-13-23-21(25-14-4-6-16(27)7-5-14)12-17(18)19-2-1-3-20(26-19)24-15-8-10-28-11-9-15/h1-3,12-16,27H,4-11H2,(H,23,25)(H,24,26). The normalized spacial score (nSPS) is 23.4. The Morgan fingerprint density at radius 2 is 1.68 bits per heavy atom. The number of aliphatic hydroxyl groups is 1. The van der Waals surface area contributed by atoms with E-state index >= 15 is 0 Å². The van der Waals surface area contributed by atoms with Gasteiger partial charge >= 0.3 is 0 Å². The van der Waals surface area contributed by atoms with Crippen molar-refractivity contribution in [1.29, 1.82) is 0 Å². The number of aliphatic hydroxyl groups excluding tert-OH is 1. The van der Waals surface area contributed by atoms with Crippen molar-refractivity contribution >= 4 is 23.2 Å². The average molecular weight is 403 g/mol. The molecule has 0 aromatic carbocycles. The molecular formula is C21H27ClN4O2. The second-order valence-electron chi connectivity index (χ2n) is 7.64. The molecule has 28 heavy (non-hydrogen) atoms. The molecular weight excluding hydrogens is 376 g/mol. The van der Waals surface area contributed by atoms with E-state index in [-0.39, 0.29) is 6.10 Å². The quantitative estimate of drug-likeness (QED) is 0.698. The van der Waals surface area contributed by atoms with Gasteiger partial charge < -0.3 is 20.5 Å². The number of pyridine rings is 2. The number of hydrogen-bond acceptors (Lipinski definition) is 6. The lowest BCUT2D eigenvalue weighted by Gasteiger charge is -2.26. The third-order valence-electron chi connectivity index (χ3n) is 5.50. The molecule has 1 aliphatic heterocycles. The summed E-state index contributed by atoms with van der Waals surface area (Å²) in [6.07, 6.45) is 7.06. The molecule has 7 heteroatoms. The smallest absolute Gasteiger partial charge is 0.126 e. The van der Waals surface area contributed by atoms with Crippen molar-refractivity contribution in [2.75, 3.05) is 23.8 Å². The highest BCUT2D eigenvalue weighted by Gasteiger charge is 2.20. The maximum Gasteiger partial charge on any atom is 0.126 e. The van der Waals surface area contributed by atoms with E-state index in [4.69, 9.17) is 21.3 Å². The van der Waals surface area contributed by atoms with Gasteiger partial charge in [0.15, 0.2) is 0 Å². The molecule has 4 rings (SSSR count). The van der Waals surface area contributed by atoms with Crippen molar-refractivity contribution < 1.29 is 9.84 Å². The van der Waals surface area contributed by atoms with E-state index in [1.54, 1.807) is 6.20 Å². The topological polar surface area (TPSA) is 79.3 Å². The Hall–Kier alpha value is -1.89. The molecule has 1 saturated carbocycles. The monoisotopic (exact) mass is 402 g/mol. The molecule has 0 unspecified atom stereocenters. The largest absolute Gasteiger partial charge is 0.393 e. The van der Waals surface area contributed by atoms with Gasteiger partial charge in [-0.1, -0.05) is 17.7 Å². The minimum absolute atomic E-state index is 0.165. The zero-order valence-corrected chi connectivity index (χ0v) is 16.7. The Morgan fingerprint density at radius 1 is 0.964 bits per heavy atom. The van der Waals surface area contributed by atoms with Gasteiger partial charge in [0.1, 0.15) is 11.6 Å². The van der Waals surface area contributed by atoms with E-state index in [0.717, 1.165) is 74.6 Å². The number of aromatic nitrogens is 2. The summed E-state index contributed by atoms with van der Waals surface area (Å²) in [5, 5.41) is 17.3. The number of halogens is 1. The summed E-state index contributed by atoms with van der Waals surface area (Å²) in [5.41, 5.74) is 1.69. The van der Waals surface area contributed by atoms with Crippen molar-refractivity contribution in [1.82, 2.24) is 9.97 Å². The van der Waals surface area contributed by atoms with Crippen molar-refractivity contribution in [3.63, 3.8) is 0 Å². The van der Waals surface area contributed by atoms with Gasteiger partial charge in [0.05, 0.1) is 16.8 Å². The second-order valence-corrected chi connectivity index (χ2v) is 8.05. The van der Waals surface area contributed by atoms with Gasteiger partial charge in [-0.2, -0.15) is 0 Å². The first-order chi connectivity index (χ1) is 13.7. The molecule has 0 amide bonds. The predicted molar refractivity (Wildman–Crippen MR) is 112 cm³/mol. The summed E-state index contributed by atoms with van der Waals surface area (Å²) >= 11 is 6.44. The second kappa shape index (κ2) is 9.07. The average Bonchev–Trinajstić information content (AvgIpc) is 2.72. The minimum Gasteiger partial charge on any atom is -0.393 e. The molecule has 0 atom stereocenters. The number of nitrogens with one attached hydrogen (secondary N) is 2. The third-order valence-corrected chi connectivity index (χ3v) is 5.80. The molecule has 6 nitrogen and oxygen atoms in total. The number of ether oxygens (including phenoxy) is 1. The number of anilines is 2. The van der Waals surface area contributed by atoms with Crippen molar-refractivity contribution in [2.24, 2.45) is 0 Å². The fourth-order valence-corrected chi connectivity index (χ4v) is 4.06. The van der Waals surface area contributed by atoms with Gasteiger partial charge in [0.2, 0.25) is 0 Å². The van der Waals surface area contributed by atoms with E-state index < -0.39 is 0 Å². The van der Waals surface area contributed by atoms with Crippen LogP contribution in [0.3, 0.4) is 0 Å². The zero-order chi connectivity index (χ0) is 19.3. The molecule has 1 saturated heterocycles. The highest BCUT2D eigenvalue weighted by Crippen LogP contribution is 2.30. The first-order valence-corrected chi connectivity index (χ1v) is 10.5. The van der Waals surface area contributed by atoms with Gasteiger partial charge in [-0.25, -0.2) is 9.97 Å². The van der Waals surface area contributed by atoms with Crippen LogP contribution in [0.15, 0.2) is 30.5 Å². The molecule has 1 aliphatic carbocycles. The van der Waals surface area contributed by atoms with Crippen molar-refractivity contribution in [3.05, 3.63) is 35.5 Å². The van der Waals surface area contributed by atoms with Gasteiger partial charge in [0.25, 0.3) is 0 Å². The summed E-state index contributed by atoms with van der Waals surface area (Å²) in [6.45, 7) is 1.58. The molecule has 0 bridgehead atoms. The van der Waals surface area contributed by atoms with Crippen LogP contribution in [0.5, 0.6) is 0 Å². The first kappa shape index (κ1) is 19.4. The first-order valence-electron chi connectivity index (χ1n) is 10.1. The van der Waals surface area contributed by atoms with Crippen LogP contribution in [-0.2, 0) is 4.74 Å². The van der Waals surface area contributed by atoms with Crippen LogP contribution in [0, 0.1) is 0 Å². The van der Waals surface area contributed by atoms with Crippen LogP contribution in [0.1, 0.15) is 38.5 Å². The molecule has 0 radical (unpaired) electrons. The van der Waals surface area contributed by atoms with Crippen LogP contribution in [0.4, 0.5) is 11.6 Å². The van der Waals surface area contributed by atoms with Gasteiger partial charge in [0, 0.05) is 37.1 Å². The SMILES string of the molecule is OC1CCC(Nc2cc(-c3cccc(NC4CCOCC4)n3)c(Cl)cn2)CC1. The lowest BCUT2D eigenvalue weighted by Crippen LogP contribution is -2.28. The van der Waals surface area contributed by atoms with E-state index in [0.29, 0.717) is 17.1 Å². The van der Waals surface area contributed by atoms with Crippen molar-refractivity contribution in [2.45, 2.75) is 56.7 Å². The molecule has 0 spiro atoms. The van der Waals surface area contributed by atoms with Crippen molar-refractivity contribution in [3.8, 4) is 11.3 Å². The fraction of sp³-hybridized carbons (Fsp3) is 0.524. The number of nitrogens with zero attached hydrogens (tertiary/aromatic N) is 2. The van der Waals surface area contributed by atoms with Crippen LogP contribution >= 0.6 is 11.6 Å². The van der Waals surface area contributed by atoms with E-state index in [2.05, 4.69) is 15.6 Å². The molecule has 2 aliphatic rings. The number of rotatable bonds is 5. The summed E-state index contributed by atoms with van der Waals surface area (Å²) in [6, 6.07) is 8.64. The molecule has 150 valence electrons. The Bertz CT molecular complexity index is 790. The Morgan fingerprint density at radius 3 is 2.46 bits per heavy atom. The van der Waals surface area contributed by atoms with E-state index in [1.165, 1.54) is 0 Å². The molecule has 2 aromatic rings. The van der Waals surface area contributed by atoms with Gasteiger partial charge in [-0.3, -0.25) is 0 Å². The Kier molecular flexibility index (Phi) is 6.29. The Labute approximate surface area is 170 Å². The van der Waals surface area contributed by atoms with E-state index in [1.807, 2.05) is 24.3 Å². The summed E-state index contributed by atoms with van der Waals surface area (Å²) in [4.78, 5) is 9.20. The predicted octanol–water partition coefficient (Wildman–Crippen LogP) is 4.10. The lowest BCUT2D eigenvalue weighted by atomic mass is 9.93. The van der Waals surface area contributed by atoms with Crippen LogP contribution in [0.25, 0.3) is 11.3 Å². The highest BCUT2D eigenvalue weighted by molar-refractivity contribution is 6.33. The Balaban J connectivity index is 1.49. The maximum absolute atomic E-state index is 9.68. The summed E-state index contributed by atoms with van der Waals surface area (Å²) in [5.74, 6) is 1.65. The summed E-state index contributed by atoms with van der Waals surface area (Å²) in [7, 11) is 0. The molecule has 2 aromatic heterocycles. The van der Waals surface area contributed by atoms with E-state index in [9.17, 15) is 5.11 Å². The van der Waals surface area contributed by atoms with Crippen LogP contribution in [0.2, 0.25) is 5.02 Å². The third kappa shape index (κ3) is 4.93. The maximum atomic E-state index is 9.68. The molecule has 2 fully saturated rings. The fourth-order valence-electron chi connectivity index (χ4n) is 3.86. The zero-order valence-electron chi connectivity index (χ0n) is 15.9. The van der Waals surface area contributed by atoms with Gasteiger partial charge in [-0.05, 0) is 56.7 Å². The van der Waals surface area contributed by atoms with Crippen LogP contribution in [-0.4, -0.2) is 46.5 Å². The molecule has 3 heterocycles. The minimum atomic E-state index is -0.165. The highest BCUT2D eigenvalue weighted by atomic mass is 35.5. The van der Waals surface area contributed by atoms with Crippen LogP contribution < -0.4 is 10.6 Å². The summed E-state index contributed by atoms with van der Waals surface area (Å²) < 4.78 is 5.42. The molecule has 3 N–H and O–H groups in total.